The summed E-state index contributed by atoms with van der Waals surface area (Å²) < 4.78 is 0. The first-order valence-electron chi connectivity index (χ1n) is 7.36. The van der Waals surface area contributed by atoms with Crippen molar-refractivity contribution in [2.75, 3.05) is 5.32 Å². The number of halogens is 1. The highest BCUT2D eigenvalue weighted by molar-refractivity contribution is 6.31. The number of nitrogens with zero attached hydrogens (tertiary/aromatic N) is 1. The van der Waals surface area contributed by atoms with Crippen LogP contribution >= 0.6 is 11.6 Å². The lowest BCUT2D eigenvalue weighted by atomic mass is 10.0. The predicted molar refractivity (Wildman–Crippen MR) is 95.6 cm³/mol. The Morgan fingerprint density at radius 2 is 1.68 bits per heavy atom. The maximum absolute atomic E-state index is 6.12. The molecule has 0 saturated carbocycles. The van der Waals surface area contributed by atoms with Crippen molar-refractivity contribution in [2.45, 2.75) is 26.3 Å². The largest absolute Gasteiger partial charge is 0.365 e. The van der Waals surface area contributed by atoms with E-state index in [1.54, 1.807) is 0 Å². The third kappa shape index (κ3) is 3.23. The number of rotatable bonds is 2. The molecule has 2 aromatic carbocycles. The molecule has 3 rings (SSSR count). The summed E-state index contributed by atoms with van der Waals surface area (Å²) in [5.41, 5.74) is 3.11. The first-order chi connectivity index (χ1) is 10.4. The molecule has 1 N–H and O–H groups in total. The minimum atomic E-state index is -0.0589. The third-order valence-electron chi connectivity index (χ3n) is 3.35. The number of aromatic nitrogens is 1. The van der Waals surface area contributed by atoms with Crippen molar-refractivity contribution in [1.82, 2.24) is 4.98 Å². The SMILES string of the molecule is CC(C)(C)Nc1nc2ccc(Cl)cc2cc1-c1ccccc1. The van der Waals surface area contributed by atoms with Crippen LogP contribution in [0.25, 0.3) is 22.0 Å². The number of nitrogens with one attached hydrogen (secondary N) is 1. The van der Waals surface area contributed by atoms with Gasteiger partial charge in [-0.1, -0.05) is 41.9 Å². The molecule has 0 amide bonds. The topological polar surface area (TPSA) is 24.9 Å². The van der Waals surface area contributed by atoms with Gasteiger partial charge in [-0.3, -0.25) is 0 Å². The summed E-state index contributed by atoms with van der Waals surface area (Å²) >= 11 is 6.12. The molecule has 0 unspecified atom stereocenters. The van der Waals surface area contributed by atoms with Crippen LogP contribution in [0.1, 0.15) is 20.8 Å². The Bertz CT molecular complexity index is 805. The van der Waals surface area contributed by atoms with Crippen LogP contribution in [-0.2, 0) is 0 Å². The molecule has 1 aromatic heterocycles. The average Bonchev–Trinajstić information content (AvgIpc) is 2.46. The standard InChI is InChI=1S/C19H19ClN2/c1-19(2,3)22-18-16(13-7-5-4-6-8-13)12-14-11-15(20)9-10-17(14)21-18/h4-12H,1-3H3,(H,21,22). The van der Waals surface area contributed by atoms with Crippen LogP contribution < -0.4 is 5.32 Å². The fourth-order valence-corrected chi connectivity index (χ4v) is 2.62. The van der Waals surface area contributed by atoms with Crippen LogP contribution in [0.4, 0.5) is 5.82 Å². The van der Waals surface area contributed by atoms with Crippen LogP contribution in [0.2, 0.25) is 5.02 Å². The number of hydrogen-bond acceptors (Lipinski definition) is 2. The van der Waals surface area contributed by atoms with Crippen LogP contribution in [-0.4, -0.2) is 10.5 Å². The summed E-state index contributed by atoms with van der Waals surface area (Å²) in [7, 11) is 0. The highest BCUT2D eigenvalue weighted by Crippen LogP contribution is 2.32. The monoisotopic (exact) mass is 310 g/mol. The minimum Gasteiger partial charge on any atom is -0.365 e. The Labute approximate surface area is 136 Å². The van der Waals surface area contributed by atoms with Crippen molar-refractivity contribution in [3.05, 3.63) is 59.6 Å². The van der Waals surface area contributed by atoms with Gasteiger partial charge >= 0.3 is 0 Å². The maximum atomic E-state index is 6.12. The number of anilines is 1. The lowest BCUT2D eigenvalue weighted by molar-refractivity contribution is 0.631. The predicted octanol–water partition coefficient (Wildman–Crippen LogP) is 5.77. The summed E-state index contributed by atoms with van der Waals surface area (Å²) in [6.45, 7) is 6.40. The van der Waals surface area contributed by atoms with Gasteiger partial charge < -0.3 is 5.32 Å². The van der Waals surface area contributed by atoms with Gasteiger partial charge in [0.25, 0.3) is 0 Å². The molecule has 0 bridgehead atoms. The van der Waals surface area contributed by atoms with Gasteiger partial charge in [0, 0.05) is 21.5 Å². The molecule has 0 fully saturated rings. The minimum absolute atomic E-state index is 0.0589. The zero-order valence-corrected chi connectivity index (χ0v) is 13.8. The van der Waals surface area contributed by atoms with Gasteiger partial charge in [-0.05, 0) is 50.6 Å². The summed E-state index contributed by atoms with van der Waals surface area (Å²) in [6.07, 6.45) is 0. The van der Waals surface area contributed by atoms with E-state index in [2.05, 4.69) is 44.3 Å². The van der Waals surface area contributed by atoms with Crippen LogP contribution in [0.5, 0.6) is 0 Å². The Morgan fingerprint density at radius 3 is 2.36 bits per heavy atom. The Hall–Kier alpha value is -2.06. The molecule has 3 aromatic rings. The first kappa shape index (κ1) is 14.9. The molecule has 1 heterocycles. The molecule has 0 saturated heterocycles. The van der Waals surface area contributed by atoms with Crippen molar-refractivity contribution >= 4 is 28.3 Å². The molecule has 22 heavy (non-hydrogen) atoms. The summed E-state index contributed by atoms with van der Waals surface area (Å²) in [5, 5.41) is 5.28. The Morgan fingerprint density at radius 1 is 0.955 bits per heavy atom. The number of benzene rings is 2. The van der Waals surface area contributed by atoms with Crippen molar-refractivity contribution < 1.29 is 0 Å². The molecule has 0 aliphatic rings. The van der Waals surface area contributed by atoms with E-state index in [0.717, 1.165) is 32.9 Å². The van der Waals surface area contributed by atoms with Gasteiger partial charge in [0.05, 0.1) is 5.52 Å². The molecule has 3 heteroatoms. The summed E-state index contributed by atoms with van der Waals surface area (Å²) in [4.78, 5) is 4.81. The fourth-order valence-electron chi connectivity index (χ4n) is 2.44. The van der Waals surface area contributed by atoms with Crippen LogP contribution in [0.15, 0.2) is 54.6 Å². The molecule has 0 spiro atoms. The lowest BCUT2D eigenvalue weighted by Gasteiger charge is -2.24. The second-order valence-electron chi connectivity index (χ2n) is 6.46. The van der Waals surface area contributed by atoms with E-state index in [9.17, 15) is 0 Å². The lowest BCUT2D eigenvalue weighted by Crippen LogP contribution is -2.27. The zero-order valence-electron chi connectivity index (χ0n) is 13.0. The van der Waals surface area contributed by atoms with Crippen molar-refractivity contribution in [1.29, 1.82) is 0 Å². The quantitative estimate of drug-likeness (QED) is 0.650. The highest BCUT2D eigenvalue weighted by Gasteiger charge is 2.15. The first-order valence-corrected chi connectivity index (χ1v) is 7.74. The fraction of sp³-hybridized carbons (Fsp3) is 0.211. The molecular formula is C19H19ClN2. The number of pyridine rings is 1. The van der Waals surface area contributed by atoms with Crippen LogP contribution in [0.3, 0.4) is 0 Å². The molecule has 0 aliphatic heterocycles. The summed E-state index contributed by atoms with van der Waals surface area (Å²) in [5.74, 6) is 0.897. The van der Waals surface area contributed by atoms with E-state index in [1.165, 1.54) is 0 Å². The number of fused-ring (bicyclic) bond motifs is 1. The normalized spacial score (nSPS) is 11.6. The Balaban J connectivity index is 2.23. The molecule has 0 atom stereocenters. The van der Waals surface area contributed by atoms with Crippen molar-refractivity contribution in [2.24, 2.45) is 0 Å². The van der Waals surface area contributed by atoms with E-state index in [4.69, 9.17) is 16.6 Å². The van der Waals surface area contributed by atoms with Crippen molar-refractivity contribution in [3.8, 4) is 11.1 Å². The van der Waals surface area contributed by atoms with Gasteiger partial charge in [-0.15, -0.1) is 0 Å². The van der Waals surface area contributed by atoms with Gasteiger partial charge in [0.1, 0.15) is 5.82 Å². The zero-order chi connectivity index (χ0) is 15.7. The second kappa shape index (κ2) is 5.62. The van der Waals surface area contributed by atoms with E-state index < -0.39 is 0 Å². The van der Waals surface area contributed by atoms with E-state index >= 15 is 0 Å². The third-order valence-corrected chi connectivity index (χ3v) is 3.59. The van der Waals surface area contributed by atoms with E-state index in [-0.39, 0.29) is 5.54 Å². The second-order valence-corrected chi connectivity index (χ2v) is 6.90. The van der Waals surface area contributed by atoms with E-state index in [0.29, 0.717) is 0 Å². The van der Waals surface area contributed by atoms with E-state index in [1.807, 2.05) is 36.4 Å². The maximum Gasteiger partial charge on any atom is 0.134 e. The molecular weight excluding hydrogens is 292 g/mol. The van der Waals surface area contributed by atoms with Gasteiger partial charge in [0.15, 0.2) is 0 Å². The van der Waals surface area contributed by atoms with Gasteiger partial charge in [-0.2, -0.15) is 0 Å². The Kier molecular flexibility index (Phi) is 3.79. The molecule has 2 nitrogen and oxygen atoms in total. The molecule has 112 valence electrons. The van der Waals surface area contributed by atoms with Gasteiger partial charge in [0.2, 0.25) is 0 Å². The molecule has 0 radical (unpaired) electrons. The summed E-state index contributed by atoms with van der Waals surface area (Å²) in [6, 6.07) is 18.2. The molecule has 0 aliphatic carbocycles. The number of hydrogen-bond donors (Lipinski definition) is 1. The van der Waals surface area contributed by atoms with Crippen molar-refractivity contribution in [3.63, 3.8) is 0 Å². The average molecular weight is 311 g/mol. The van der Waals surface area contributed by atoms with Gasteiger partial charge in [-0.25, -0.2) is 4.98 Å². The highest BCUT2D eigenvalue weighted by atomic mass is 35.5. The van der Waals surface area contributed by atoms with Crippen LogP contribution in [0, 0.1) is 0 Å². The smallest absolute Gasteiger partial charge is 0.134 e.